The van der Waals surface area contributed by atoms with Crippen LogP contribution in [0, 0.1) is 16.0 Å². The first-order chi connectivity index (χ1) is 12.3. The number of nitro benzene ring substituents is 1. The van der Waals surface area contributed by atoms with Gasteiger partial charge in [0.25, 0.3) is 15.7 Å². The molecule has 3 rings (SSSR count). The molecule has 1 aliphatic carbocycles. The van der Waals surface area contributed by atoms with Crippen molar-refractivity contribution in [1.82, 2.24) is 4.89 Å². The van der Waals surface area contributed by atoms with Crippen LogP contribution in [0.25, 0.3) is 6.08 Å². The van der Waals surface area contributed by atoms with Crippen LogP contribution in [0.4, 0.5) is 5.69 Å². The fourth-order valence-corrected chi connectivity index (χ4v) is 3.43. The number of rotatable bonds is 7. The molecule has 136 valence electrons. The molecule has 0 radical (unpaired) electrons. The normalized spacial score (nSPS) is 18.0. The molecule has 1 aliphatic rings. The third-order valence-corrected chi connectivity index (χ3v) is 5.64. The zero-order chi connectivity index (χ0) is 18.7. The molecule has 0 heterocycles. The Morgan fingerprint density at radius 3 is 2.46 bits per heavy atom. The van der Waals surface area contributed by atoms with Gasteiger partial charge in [-0.25, -0.2) is 8.42 Å². The molecule has 0 aliphatic heterocycles. The highest BCUT2D eigenvalue weighted by Gasteiger charge is 2.30. The van der Waals surface area contributed by atoms with Gasteiger partial charge in [0.05, 0.1) is 16.4 Å². The van der Waals surface area contributed by atoms with Crippen molar-refractivity contribution in [2.24, 2.45) is 5.92 Å². The van der Waals surface area contributed by atoms with Crippen LogP contribution in [-0.4, -0.2) is 19.9 Å². The van der Waals surface area contributed by atoms with E-state index in [-0.39, 0.29) is 23.1 Å². The highest BCUT2D eigenvalue weighted by atomic mass is 79.9. The van der Waals surface area contributed by atoms with E-state index in [1.54, 1.807) is 0 Å². The number of sulfonamides is 1. The van der Waals surface area contributed by atoms with Crippen molar-refractivity contribution in [2.75, 3.05) is 6.61 Å². The van der Waals surface area contributed by atoms with Gasteiger partial charge in [0, 0.05) is 22.5 Å². The monoisotopic (exact) mass is 438 g/mol. The van der Waals surface area contributed by atoms with Crippen molar-refractivity contribution >= 4 is 37.7 Å². The smallest absolute Gasteiger partial charge is 0.269 e. The molecule has 1 fully saturated rings. The number of nitrogens with one attached hydrogen (secondary N) is 1. The van der Waals surface area contributed by atoms with Crippen LogP contribution in [0.3, 0.4) is 0 Å². The van der Waals surface area contributed by atoms with Gasteiger partial charge in [0.15, 0.2) is 0 Å². The fourth-order valence-electron chi connectivity index (χ4n) is 2.35. The molecule has 0 saturated heterocycles. The molecule has 0 amide bonds. The Morgan fingerprint density at radius 1 is 1.19 bits per heavy atom. The highest BCUT2D eigenvalue weighted by molar-refractivity contribution is 9.10. The van der Waals surface area contributed by atoms with Crippen LogP contribution >= 0.6 is 15.9 Å². The standard InChI is InChI=1S/C17H15BrN2O5S/c18-15-3-1-12(2-4-15)9-13-10-14(13)11-25-19-26(23,24)17-7-5-16(6-8-17)20(21)22/h1-9,14,19H,10-11H2/b13-9-. The lowest BCUT2D eigenvalue weighted by Crippen LogP contribution is -2.25. The Bertz CT molecular complexity index is 940. The van der Waals surface area contributed by atoms with Gasteiger partial charge < -0.3 is 0 Å². The Morgan fingerprint density at radius 2 is 1.85 bits per heavy atom. The molecule has 1 saturated carbocycles. The van der Waals surface area contributed by atoms with E-state index in [1.165, 1.54) is 17.7 Å². The maximum absolute atomic E-state index is 12.1. The third kappa shape index (κ3) is 4.76. The Labute approximate surface area is 159 Å². The number of nitro groups is 1. The summed E-state index contributed by atoms with van der Waals surface area (Å²) in [7, 11) is -3.87. The van der Waals surface area contributed by atoms with E-state index in [9.17, 15) is 18.5 Å². The molecule has 0 aromatic heterocycles. The van der Waals surface area contributed by atoms with E-state index in [4.69, 9.17) is 4.84 Å². The van der Waals surface area contributed by atoms with E-state index in [2.05, 4.69) is 26.9 Å². The summed E-state index contributed by atoms with van der Waals surface area (Å²) >= 11 is 3.38. The van der Waals surface area contributed by atoms with E-state index in [0.717, 1.165) is 28.6 Å². The highest BCUT2D eigenvalue weighted by Crippen LogP contribution is 2.39. The average Bonchev–Trinajstić information content (AvgIpc) is 3.34. The first kappa shape index (κ1) is 18.7. The van der Waals surface area contributed by atoms with Crippen LogP contribution in [0.15, 0.2) is 63.5 Å². The van der Waals surface area contributed by atoms with Gasteiger partial charge in [-0.3, -0.25) is 15.0 Å². The molecule has 2 aromatic carbocycles. The molecule has 26 heavy (non-hydrogen) atoms. The van der Waals surface area contributed by atoms with Crippen molar-refractivity contribution in [2.45, 2.75) is 11.3 Å². The SMILES string of the molecule is O=[N+]([O-])c1ccc(S(=O)(=O)NOCC2C/C2=C/c2ccc(Br)cc2)cc1. The van der Waals surface area contributed by atoms with Gasteiger partial charge in [0.1, 0.15) is 0 Å². The third-order valence-electron chi connectivity index (χ3n) is 3.88. The fraction of sp³-hybridized carbons (Fsp3) is 0.176. The topological polar surface area (TPSA) is 98.5 Å². The second-order valence-corrected chi connectivity index (χ2v) is 8.38. The number of nitrogens with zero attached hydrogens (tertiary/aromatic N) is 1. The van der Waals surface area contributed by atoms with Gasteiger partial charge in [0.2, 0.25) is 0 Å². The van der Waals surface area contributed by atoms with Crippen molar-refractivity contribution < 1.29 is 18.2 Å². The molecule has 9 heteroatoms. The molecule has 2 aromatic rings. The summed E-state index contributed by atoms with van der Waals surface area (Å²) in [4.78, 5) is 17.1. The lowest BCUT2D eigenvalue weighted by atomic mass is 10.2. The summed E-state index contributed by atoms with van der Waals surface area (Å²) < 4.78 is 25.2. The molecule has 1 unspecified atom stereocenters. The van der Waals surface area contributed by atoms with Crippen LogP contribution in [0.1, 0.15) is 12.0 Å². The van der Waals surface area contributed by atoms with Crippen LogP contribution in [0.5, 0.6) is 0 Å². The zero-order valence-corrected chi connectivity index (χ0v) is 15.9. The largest absolute Gasteiger partial charge is 0.286 e. The number of hydrogen-bond acceptors (Lipinski definition) is 5. The summed E-state index contributed by atoms with van der Waals surface area (Å²) in [5.41, 5.74) is 2.10. The van der Waals surface area contributed by atoms with E-state index < -0.39 is 14.9 Å². The molecular formula is C17H15BrN2O5S. The first-order valence-electron chi connectivity index (χ1n) is 7.69. The minimum absolute atomic E-state index is 0.0930. The Balaban J connectivity index is 1.51. The van der Waals surface area contributed by atoms with Crippen molar-refractivity contribution in [3.63, 3.8) is 0 Å². The van der Waals surface area contributed by atoms with Crippen LogP contribution in [-0.2, 0) is 14.9 Å². The summed E-state index contributed by atoms with van der Waals surface area (Å²) in [6.45, 7) is 0.231. The van der Waals surface area contributed by atoms with Gasteiger partial charge in [-0.2, -0.15) is 0 Å². The summed E-state index contributed by atoms with van der Waals surface area (Å²) in [5.74, 6) is 0.179. The van der Waals surface area contributed by atoms with E-state index in [1.807, 2.05) is 24.3 Å². The summed E-state index contributed by atoms with van der Waals surface area (Å²) in [6, 6.07) is 12.5. The first-order valence-corrected chi connectivity index (χ1v) is 9.97. The number of non-ortho nitro benzene ring substituents is 1. The van der Waals surface area contributed by atoms with Gasteiger partial charge in [-0.1, -0.05) is 44.6 Å². The maximum atomic E-state index is 12.1. The molecular weight excluding hydrogens is 424 g/mol. The quantitative estimate of drug-likeness (QED) is 0.525. The average molecular weight is 439 g/mol. The number of hydrogen-bond donors (Lipinski definition) is 1. The predicted octanol–water partition coefficient (Wildman–Crippen LogP) is 3.67. The van der Waals surface area contributed by atoms with Crippen molar-refractivity contribution in [1.29, 1.82) is 0 Å². The molecule has 7 nitrogen and oxygen atoms in total. The van der Waals surface area contributed by atoms with Crippen molar-refractivity contribution in [3.8, 4) is 0 Å². The van der Waals surface area contributed by atoms with Crippen LogP contribution < -0.4 is 4.89 Å². The zero-order valence-electron chi connectivity index (χ0n) is 13.5. The lowest BCUT2D eigenvalue weighted by molar-refractivity contribution is -0.384. The predicted molar refractivity (Wildman–Crippen MR) is 99.6 cm³/mol. The molecule has 1 N–H and O–H groups in total. The number of benzene rings is 2. The summed E-state index contributed by atoms with van der Waals surface area (Å²) in [5, 5.41) is 10.6. The molecule has 1 atom stereocenters. The maximum Gasteiger partial charge on any atom is 0.269 e. The second kappa shape index (κ2) is 7.67. The van der Waals surface area contributed by atoms with Gasteiger partial charge in [-0.05, 0) is 36.2 Å². The van der Waals surface area contributed by atoms with Crippen molar-refractivity contribution in [3.05, 3.63) is 74.3 Å². The van der Waals surface area contributed by atoms with Gasteiger partial charge >= 0.3 is 0 Å². The van der Waals surface area contributed by atoms with Gasteiger partial charge in [-0.15, -0.1) is 0 Å². The molecule has 0 spiro atoms. The Kier molecular flexibility index (Phi) is 5.52. The number of halogens is 1. The second-order valence-electron chi connectivity index (χ2n) is 5.82. The molecule has 0 bridgehead atoms. The minimum atomic E-state index is -3.87. The van der Waals surface area contributed by atoms with E-state index in [0.29, 0.717) is 0 Å². The van der Waals surface area contributed by atoms with Crippen LogP contribution in [0.2, 0.25) is 0 Å². The minimum Gasteiger partial charge on any atom is -0.286 e. The lowest BCUT2D eigenvalue weighted by Gasteiger charge is -2.06. The Hall–Kier alpha value is -2.07. The summed E-state index contributed by atoms with van der Waals surface area (Å²) in [6.07, 6.45) is 2.92. The van der Waals surface area contributed by atoms with E-state index >= 15 is 0 Å².